The molecule has 1 aromatic rings. The van der Waals surface area contributed by atoms with Crippen molar-refractivity contribution in [1.29, 1.82) is 0 Å². The van der Waals surface area contributed by atoms with Gasteiger partial charge in [-0.05, 0) is 54.3 Å². The summed E-state index contributed by atoms with van der Waals surface area (Å²) in [7, 11) is 0. The molecule has 0 bridgehead atoms. The topological polar surface area (TPSA) is 92.5 Å². The molecule has 6 N–H and O–H groups in total. The Morgan fingerprint density at radius 1 is 1.04 bits per heavy atom. The zero-order valence-electron chi connectivity index (χ0n) is 14.1. The van der Waals surface area contributed by atoms with E-state index in [-0.39, 0.29) is 19.3 Å². The first-order valence-corrected chi connectivity index (χ1v) is 8.97. The molecule has 0 heterocycles. The van der Waals surface area contributed by atoms with Crippen LogP contribution in [0.3, 0.4) is 0 Å². The lowest BCUT2D eigenvalue weighted by atomic mass is 9.79. The number of aliphatic hydroxyl groups excluding tert-OH is 2. The fourth-order valence-corrected chi connectivity index (χ4v) is 3.77. The minimum atomic E-state index is -0.0657. The SMILES string of the molecule is NC[C@H]1CC[C@H](CCCC(N)c2cc(CO)ccc2CO)CC1. The van der Waals surface area contributed by atoms with Gasteiger partial charge < -0.3 is 21.7 Å². The molecule has 2 rings (SSSR count). The summed E-state index contributed by atoms with van der Waals surface area (Å²) in [6.45, 7) is 0.844. The lowest BCUT2D eigenvalue weighted by Gasteiger charge is -2.28. The van der Waals surface area contributed by atoms with E-state index in [4.69, 9.17) is 11.5 Å². The summed E-state index contributed by atoms with van der Waals surface area (Å²) >= 11 is 0. The molecule has 23 heavy (non-hydrogen) atoms. The molecule has 0 aliphatic heterocycles. The highest BCUT2D eigenvalue weighted by Crippen LogP contribution is 2.32. The molecule has 0 aromatic heterocycles. The van der Waals surface area contributed by atoms with Gasteiger partial charge in [0.2, 0.25) is 0 Å². The van der Waals surface area contributed by atoms with Crippen LogP contribution >= 0.6 is 0 Å². The number of hydrogen-bond acceptors (Lipinski definition) is 4. The van der Waals surface area contributed by atoms with Crippen LogP contribution in [0.25, 0.3) is 0 Å². The maximum absolute atomic E-state index is 9.48. The number of benzene rings is 1. The third-order valence-corrected chi connectivity index (χ3v) is 5.39. The monoisotopic (exact) mass is 320 g/mol. The maximum Gasteiger partial charge on any atom is 0.0685 e. The largest absolute Gasteiger partial charge is 0.392 e. The summed E-state index contributed by atoms with van der Waals surface area (Å²) in [6.07, 6.45) is 8.45. The first-order valence-electron chi connectivity index (χ1n) is 8.97. The van der Waals surface area contributed by atoms with Crippen molar-refractivity contribution in [3.8, 4) is 0 Å². The van der Waals surface area contributed by atoms with Crippen molar-refractivity contribution < 1.29 is 10.2 Å². The summed E-state index contributed by atoms with van der Waals surface area (Å²) in [5, 5.41) is 18.8. The van der Waals surface area contributed by atoms with Crippen LogP contribution < -0.4 is 11.5 Å². The molecule has 1 atom stereocenters. The Balaban J connectivity index is 1.82. The summed E-state index contributed by atoms with van der Waals surface area (Å²) < 4.78 is 0. The summed E-state index contributed by atoms with van der Waals surface area (Å²) in [5.74, 6) is 1.56. The van der Waals surface area contributed by atoms with Crippen molar-refractivity contribution >= 4 is 0 Å². The summed E-state index contributed by atoms with van der Waals surface area (Å²) in [6, 6.07) is 5.58. The van der Waals surface area contributed by atoms with E-state index in [0.717, 1.165) is 47.9 Å². The van der Waals surface area contributed by atoms with Crippen LogP contribution in [0, 0.1) is 11.8 Å². The zero-order valence-corrected chi connectivity index (χ0v) is 14.1. The Bertz CT molecular complexity index is 470. The quantitative estimate of drug-likeness (QED) is 0.592. The average molecular weight is 320 g/mol. The van der Waals surface area contributed by atoms with Crippen molar-refractivity contribution in [2.24, 2.45) is 23.3 Å². The molecule has 4 nitrogen and oxygen atoms in total. The molecule has 4 heteroatoms. The van der Waals surface area contributed by atoms with Crippen molar-refractivity contribution in [1.82, 2.24) is 0 Å². The standard InChI is InChI=1S/C19H32N2O2/c20-11-15-6-4-14(5-7-15)2-1-3-19(21)18-10-16(12-22)8-9-17(18)13-23/h8-10,14-15,19,22-23H,1-7,11-13,20-21H2/t14-,15-,19?. The highest BCUT2D eigenvalue weighted by Gasteiger charge is 2.20. The molecule has 1 fully saturated rings. The van der Waals surface area contributed by atoms with Gasteiger partial charge in [-0.15, -0.1) is 0 Å². The number of hydrogen-bond donors (Lipinski definition) is 4. The molecule has 0 spiro atoms. The van der Waals surface area contributed by atoms with Gasteiger partial charge in [-0.3, -0.25) is 0 Å². The Kier molecular flexibility index (Phi) is 7.50. The van der Waals surface area contributed by atoms with E-state index in [1.807, 2.05) is 18.2 Å². The van der Waals surface area contributed by atoms with Crippen LogP contribution in [0.5, 0.6) is 0 Å². The molecule has 1 unspecified atom stereocenters. The third kappa shape index (κ3) is 5.28. The van der Waals surface area contributed by atoms with Gasteiger partial charge in [0.25, 0.3) is 0 Å². The smallest absolute Gasteiger partial charge is 0.0685 e. The third-order valence-electron chi connectivity index (χ3n) is 5.39. The lowest BCUT2D eigenvalue weighted by Crippen LogP contribution is -2.21. The second-order valence-corrected chi connectivity index (χ2v) is 7.01. The lowest BCUT2D eigenvalue weighted by molar-refractivity contribution is 0.261. The second-order valence-electron chi connectivity index (χ2n) is 7.01. The summed E-state index contributed by atoms with van der Waals surface area (Å²) in [4.78, 5) is 0. The van der Waals surface area contributed by atoms with E-state index in [9.17, 15) is 10.2 Å². The molecule has 0 radical (unpaired) electrons. The molecule has 1 aliphatic carbocycles. The number of aliphatic hydroxyl groups is 2. The molecule has 0 amide bonds. The van der Waals surface area contributed by atoms with Gasteiger partial charge in [0.15, 0.2) is 0 Å². The minimum Gasteiger partial charge on any atom is -0.392 e. The van der Waals surface area contributed by atoms with Gasteiger partial charge in [0.1, 0.15) is 0 Å². The second kappa shape index (κ2) is 9.38. The van der Waals surface area contributed by atoms with Crippen LogP contribution in [0.4, 0.5) is 0 Å². The normalized spacial score (nSPS) is 23.0. The minimum absolute atomic E-state index is 0.00214. The van der Waals surface area contributed by atoms with Crippen LogP contribution in [0.1, 0.15) is 67.7 Å². The zero-order chi connectivity index (χ0) is 16.7. The predicted molar refractivity (Wildman–Crippen MR) is 93.6 cm³/mol. The summed E-state index contributed by atoms with van der Waals surface area (Å²) in [5.41, 5.74) is 14.8. The van der Waals surface area contributed by atoms with Crippen LogP contribution in [0.15, 0.2) is 18.2 Å². The molecule has 1 saturated carbocycles. The van der Waals surface area contributed by atoms with E-state index in [1.165, 1.54) is 32.1 Å². The van der Waals surface area contributed by atoms with Crippen LogP contribution in [0.2, 0.25) is 0 Å². The first kappa shape index (κ1) is 18.4. The van der Waals surface area contributed by atoms with E-state index < -0.39 is 0 Å². The molecular formula is C19H32N2O2. The van der Waals surface area contributed by atoms with E-state index in [0.29, 0.717) is 0 Å². The number of nitrogens with two attached hydrogens (primary N) is 2. The van der Waals surface area contributed by atoms with Gasteiger partial charge in [0.05, 0.1) is 13.2 Å². The van der Waals surface area contributed by atoms with Gasteiger partial charge in [0, 0.05) is 6.04 Å². The van der Waals surface area contributed by atoms with Gasteiger partial charge in [-0.1, -0.05) is 43.9 Å². The molecule has 1 aliphatic rings. The highest BCUT2D eigenvalue weighted by molar-refractivity contribution is 5.33. The fourth-order valence-electron chi connectivity index (χ4n) is 3.77. The molecule has 130 valence electrons. The fraction of sp³-hybridized carbons (Fsp3) is 0.684. The van der Waals surface area contributed by atoms with E-state index >= 15 is 0 Å². The van der Waals surface area contributed by atoms with Crippen LogP contribution in [-0.4, -0.2) is 16.8 Å². The molecule has 1 aromatic carbocycles. The van der Waals surface area contributed by atoms with Crippen molar-refractivity contribution in [3.05, 3.63) is 34.9 Å². The Hall–Kier alpha value is -0.940. The Morgan fingerprint density at radius 3 is 2.35 bits per heavy atom. The van der Waals surface area contributed by atoms with Gasteiger partial charge >= 0.3 is 0 Å². The Labute approximate surface area is 139 Å². The van der Waals surface area contributed by atoms with Crippen molar-refractivity contribution in [2.45, 2.75) is 64.2 Å². The number of rotatable bonds is 8. The average Bonchev–Trinajstić information content (AvgIpc) is 2.61. The first-order chi connectivity index (χ1) is 11.2. The van der Waals surface area contributed by atoms with Crippen molar-refractivity contribution in [2.75, 3.05) is 6.54 Å². The van der Waals surface area contributed by atoms with E-state index in [1.54, 1.807) is 0 Å². The van der Waals surface area contributed by atoms with Crippen LogP contribution in [-0.2, 0) is 13.2 Å². The van der Waals surface area contributed by atoms with E-state index in [2.05, 4.69) is 0 Å². The van der Waals surface area contributed by atoms with Gasteiger partial charge in [-0.25, -0.2) is 0 Å². The maximum atomic E-state index is 9.48. The predicted octanol–water partition coefficient (Wildman–Crippen LogP) is 2.61. The highest BCUT2D eigenvalue weighted by atomic mass is 16.3. The van der Waals surface area contributed by atoms with Gasteiger partial charge in [-0.2, -0.15) is 0 Å². The van der Waals surface area contributed by atoms with Crippen molar-refractivity contribution in [3.63, 3.8) is 0 Å². The Morgan fingerprint density at radius 2 is 1.74 bits per heavy atom. The molecular weight excluding hydrogens is 288 g/mol. The molecule has 0 saturated heterocycles.